The first kappa shape index (κ1) is 24.3. The monoisotopic (exact) mass is 444 g/mol. The highest BCUT2D eigenvalue weighted by molar-refractivity contribution is 5.66. The Kier molecular flexibility index (Phi) is 6.90. The van der Waals surface area contributed by atoms with E-state index >= 15 is 0 Å². The van der Waals surface area contributed by atoms with Crippen LogP contribution in [-0.2, 0) is 9.53 Å². The van der Waals surface area contributed by atoms with Gasteiger partial charge in [0.1, 0.15) is 6.10 Å². The van der Waals surface area contributed by atoms with Crippen molar-refractivity contribution in [3.63, 3.8) is 0 Å². The van der Waals surface area contributed by atoms with Crippen molar-refractivity contribution in [1.82, 2.24) is 0 Å². The molecule has 0 heterocycles. The molecular formula is C29H48O3. The van der Waals surface area contributed by atoms with Crippen molar-refractivity contribution >= 4 is 5.97 Å². The Balaban J connectivity index is 1.51. The van der Waals surface area contributed by atoms with E-state index < -0.39 is 0 Å². The van der Waals surface area contributed by atoms with Crippen molar-refractivity contribution in [2.24, 2.45) is 46.3 Å². The van der Waals surface area contributed by atoms with Gasteiger partial charge in [0.05, 0.1) is 6.10 Å². The van der Waals surface area contributed by atoms with Crippen LogP contribution in [-0.4, -0.2) is 23.3 Å². The molecule has 0 radical (unpaired) electrons. The zero-order chi connectivity index (χ0) is 23.3. The molecule has 1 N–H and O–H groups in total. The summed E-state index contributed by atoms with van der Waals surface area (Å²) in [7, 11) is 0. The average Bonchev–Trinajstić information content (AvgIpc) is 3.05. The zero-order valence-electron chi connectivity index (χ0n) is 21.5. The quantitative estimate of drug-likeness (QED) is 0.357. The van der Waals surface area contributed by atoms with Crippen LogP contribution in [0.5, 0.6) is 0 Å². The van der Waals surface area contributed by atoms with Crippen LogP contribution >= 0.6 is 0 Å². The van der Waals surface area contributed by atoms with Gasteiger partial charge in [-0.25, -0.2) is 0 Å². The lowest BCUT2D eigenvalue weighted by atomic mass is 9.46. The minimum Gasteiger partial charge on any atom is -0.462 e. The first-order valence-electron chi connectivity index (χ1n) is 13.6. The molecule has 3 fully saturated rings. The van der Waals surface area contributed by atoms with Crippen LogP contribution in [0.25, 0.3) is 0 Å². The fourth-order valence-corrected chi connectivity index (χ4v) is 8.98. The molecule has 0 aliphatic heterocycles. The van der Waals surface area contributed by atoms with Gasteiger partial charge in [0, 0.05) is 13.3 Å². The standard InChI is InChI=1S/C29H48O3/c1-18(2)8-7-9-19(3)23-10-11-24-27-25(13-15-29(23,24)6)28(5)14-12-22(32-20(4)30)16-21(28)17-26(27)31/h17-19,22-27,31H,7-16H2,1-6H3/t19-,22-,23+,24-,25-,26-,27-,28-,29+/m0/s1. The summed E-state index contributed by atoms with van der Waals surface area (Å²) in [6.07, 6.45) is 14.0. The molecule has 0 spiro atoms. The van der Waals surface area contributed by atoms with E-state index in [0.29, 0.717) is 23.2 Å². The summed E-state index contributed by atoms with van der Waals surface area (Å²) in [5.74, 6) is 3.85. The smallest absolute Gasteiger partial charge is 0.302 e. The van der Waals surface area contributed by atoms with Gasteiger partial charge < -0.3 is 9.84 Å². The van der Waals surface area contributed by atoms with Crippen molar-refractivity contribution in [3.05, 3.63) is 11.6 Å². The van der Waals surface area contributed by atoms with Crippen molar-refractivity contribution in [2.75, 3.05) is 0 Å². The molecular weight excluding hydrogens is 396 g/mol. The van der Waals surface area contributed by atoms with Gasteiger partial charge in [0.2, 0.25) is 0 Å². The summed E-state index contributed by atoms with van der Waals surface area (Å²) in [6, 6.07) is 0. The van der Waals surface area contributed by atoms with Crippen molar-refractivity contribution in [3.8, 4) is 0 Å². The Morgan fingerprint density at radius 3 is 2.53 bits per heavy atom. The molecule has 0 bridgehead atoms. The van der Waals surface area contributed by atoms with E-state index in [9.17, 15) is 9.90 Å². The molecule has 3 nitrogen and oxygen atoms in total. The van der Waals surface area contributed by atoms with Crippen LogP contribution in [0, 0.1) is 46.3 Å². The summed E-state index contributed by atoms with van der Waals surface area (Å²) < 4.78 is 5.57. The molecule has 4 rings (SSSR count). The summed E-state index contributed by atoms with van der Waals surface area (Å²) in [5.41, 5.74) is 1.92. The summed E-state index contributed by atoms with van der Waals surface area (Å²) in [4.78, 5) is 11.5. The van der Waals surface area contributed by atoms with E-state index in [2.05, 4.69) is 40.7 Å². The molecule has 4 aliphatic carbocycles. The predicted molar refractivity (Wildman–Crippen MR) is 130 cm³/mol. The molecule has 182 valence electrons. The Morgan fingerprint density at radius 1 is 1.09 bits per heavy atom. The van der Waals surface area contributed by atoms with Gasteiger partial charge >= 0.3 is 5.97 Å². The summed E-state index contributed by atoms with van der Waals surface area (Å²) in [6.45, 7) is 13.7. The topological polar surface area (TPSA) is 46.5 Å². The number of hydrogen-bond donors (Lipinski definition) is 1. The second-order valence-electron chi connectivity index (χ2n) is 12.9. The van der Waals surface area contributed by atoms with Crippen LogP contribution in [0.1, 0.15) is 106 Å². The van der Waals surface area contributed by atoms with Gasteiger partial charge in [-0.3, -0.25) is 4.79 Å². The largest absolute Gasteiger partial charge is 0.462 e. The number of aliphatic hydroxyl groups excluding tert-OH is 1. The minimum absolute atomic E-state index is 0.00742. The third kappa shape index (κ3) is 4.21. The van der Waals surface area contributed by atoms with Crippen molar-refractivity contribution in [1.29, 1.82) is 0 Å². The molecule has 32 heavy (non-hydrogen) atoms. The van der Waals surface area contributed by atoms with Gasteiger partial charge in [0.25, 0.3) is 0 Å². The highest BCUT2D eigenvalue weighted by Gasteiger charge is 2.61. The molecule has 0 saturated heterocycles. The number of rotatable bonds is 6. The van der Waals surface area contributed by atoms with Crippen LogP contribution in [0.15, 0.2) is 11.6 Å². The lowest BCUT2D eigenvalue weighted by molar-refractivity contribution is -0.149. The van der Waals surface area contributed by atoms with Gasteiger partial charge in [-0.2, -0.15) is 0 Å². The summed E-state index contributed by atoms with van der Waals surface area (Å²) in [5, 5.41) is 11.4. The van der Waals surface area contributed by atoms with Gasteiger partial charge in [-0.1, -0.05) is 65.5 Å². The van der Waals surface area contributed by atoms with Crippen LogP contribution in [0.2, 0.25) is 0 Å². The molecule has 3 saturated carbocycles. The predicted octanol–water partition coefficient (Wildman–Crippen LogP) is 6.93. The number of carbonyl (C=O) groups is 1. The van der Waals surface area contributed by atoms with E-state index in [4.69, 9.17) is 4.74 Å². The van der Waals surface area contributed by atoms with Gasteiger partial charge in [-0.15, -0.1) is 0 Å². The molecule has 4 aliphatic rings. The highest BCUT2D eigenvalue weighted by atomic mass is 16.5. The maximum absolute atomic E-state index is 11.5. The molecule has 0 aromatic rings. The average molecular weight is 445 g/mol. The normalized spacial score (nSPS) is 44.3. The van der Waals surface area contributed by atoms with E-state index in [-0.39, 0.29) is 23.6 Å². The molecule has 3 heteroatoms. The first-order chi connectivity index (χ1) is 15.1. The fourth-order valence-electron chi connectivity index (χ4n) is 8.98. The van der Waals surface area contributed by atoms with Crippen LogP contribution in [0.3, 0.4) is 0 Å². The molecule has 0 unspecified atom stereocenters. The second kappa shape index (κ2) is 9.08. The maximum Gasteiger partial charge on any atom is 0.302 e. The van der Waals surface area contributed by atoms with Crippen LogP contribution in [0.4, 0.5) is 0 Å². The number of hydrogen-bond acceptors (Lipinski definition) is 3. The number of aliphatic hydroxyl groups is 1. The number of esters is 1. The molecule has 0 aromatic carbocycles. The van der Waals surface area contributed by atoms with Crippen molar-refractivity contribution in [2.45, 2.75) is 118 Å². The zero-order valence-corrected chi connectivity index (χ0v) is 21.5. The van der Waals surface area contributed by atoms with E-state index in [1.165, 1.54) is 57.4 Å². The lowest BCUT2D eigenvalue weighted by Crippen LogP contribution is -2.55. The van der Waals surface area contributed by atoms with Gasteiger partial charge in [0.15, 0.2) is 0 Å². The van der Waals surface area contributed by atoms with E-state index in [1.807, 2.05) is 0 Å². The second-order valence-corrected chi connectivity index (χ2v) is 12.9. The summed E-state index contributed by atoms with van der Waals surface area (Å²) >= 11 is 0. The Morgan fingerprint density at radius 2 is 1.84 bits per heavy atom. The Bertz CT molecular complexity index is 726. The molecule has 0 aromatic heterocycles. The molecule has 9 atom stereocenters. The Hall–Kier alpha value is -0.830. The van der Waals surface area contributed by atoms with Gasteiger partial charge in [-0.05, 0) is 84.9 Å². The SMILES string of the molecule is CC(=O)O[C@H]1CC[C@@]2(C)C(=C[C@H](O)[C@H]3[C@@H]4CC[C@H]([C@@H](C)CCCC(C)C)[C@@]4(C)CC[C@@H]32)C1. The third-order valence-corrected chi connectivity index (χ3v) is 10.6. The Labute approximate surface area is 196 Å². The van der Waals surface area contributed by atoms with E-state index in [0.717, 1.165) is 37.0 Å². The number of carbonyl (C=O) groups excluding carboxylic acids is 1. The highest BCUT2D eigenvalue weighted by Crippen LogP contribution is 2.67. The lowest BCUT2D eigenvalue weighted by Gasteiger charge is -2.59. The number of ether oxygens (including phenoxy) is 1. The molecule has 0 amide bonds. The third-order valence-electron chi connectivity index (χ3n) is 10.6. The van der Waals surface area contributed by atoms with Crippen molar-refractivity contribution < 1.29 is 14.6 Å². The fraction of sp³-hybridized carbons (Fsp3) is 0.897. The van der Waals surface area contributed by atoms with E-state index in [1.54, 1.807) is 0 Å². The first-order valence-corrected chi connectivity index (χ1v) is 13.6. The van der Waals surface area contributed by atoms with Crippen LogP contribution < -0.4 is 0 Å². The number of fused-ring (bicyclic) bond motifs is 5. The minimum atomic E-state index is -0.334. The maximum atomic E-state index is 11.5.